The molecule has 1 aliphatic heterocycles. The maximum Gasteiger partial charge on any atom is 0.236 e. The molecule has 2 unspecified atom stereocenters. The van der Waals surface area contributed by atoms with E-state index in [9.17, 15) is 4.79 Å². The van der Waals surface area contributed by atoms with E-state index in [0.29, 0.717) is 31.7 Å². The molecular formula is C16H24N2O2. The summed E-state index contributed by atoms with van der Waals surface area (Å²) in [6.45, 7) is 4.71. The lowest BCUT2D eigenvalue weighted by Gasteiger charge is -2.21. The number of ether oxygens (including phenoxy) is 1. The molecule has 1 aromatic carbocycles. The third kappa shape index (κ3) is 3.81. The average Bonchev–Trinajstić information content (AvgIpc) is 2.86. The number of carbonyl (C=O) groups excluding carboxylic acids is 1. The van der Waals surface area contributed by atoms with Crippen molar-refractivity contribution in [3.63, 3.8) is 0 Å². The highest BCUT2D eigenvalue weighted by atomic mass is 16.5. The molecule has 1 aliphatic rings. The van der Waals surface area contributed by atoms with Gasteiger partial charge in [0, 0.05) is 32.2 Å². The third-order valence-corrected chi connectivity index (χ3v) is 3.93. The minimum atomic E-state index is 0.187. The zero-order valence-corrected chi connectivity index (χ0v) is 12.3. The quantitative estimate of drug-likeness (QED) is 0.803. The fraction of sp³-hybridized carbons (Fsp3) is 0.562. The van der Waals surface area contributed by atoms with Crippen LogP contribution in [-0.4, -0.2) is 50.2 Å². The number of amides is 1. The molecule has 1 amide bonds. The number of nitrogens with zero attached hydrogens (tertiary/aromatic N) is 1. The molecule has 0 radical (unpaired) electrons. The molecule has 1 fully saturated rings. The van der Waals surface area contributed by atoms with Crippen LogP contribution >= 0.6 is 0 Å². The van der Waals surface area contributed by atoms with Gasteiger partial charge in [0.1, 0.15) is 0 Å². The molecule has 20 heavy (non-hydrogen) atoms. The van der Waals surface area contributed by atoms with Crippen LogP contribution in [0.25, 0.3) is 0 Å². The summed E-state index contributed by atoms with van der Waals surface area (Å²) in [6, 6.07) is 10.8. The van der Waals surface area contributed by atoms with Gasteiger partial charge in [0.15, 0.2) is 0 Å². The molecular weight excluding hydrogens is 252 g/mol. The smallest absolute Gasteiger partial charge is 0.236 e. The van der Waals surface area contributed by atoms with Gasteiger partial charge in [0.25, 0.3) is 0 Å². The molecule has 110 valence electrons. The number of hydrogen-bond donors (Lipinski definition) is 1. The first-order chi connectivity index (χ1) is 9.72. The molecule has 0 bridgehead atoms. The predicted octanol–water partition coefficient (Wildman–Crippen LogP) is 1.63. The Labute approximate surface area is 121 Å². The van der Waals surface area contributed by atoms with Crippen molar-refractivity contribution in [2.24, 2.45) is 0 Å². The summed E-state index contributed by atoms with van der Waals surface area (Å²) >= 11 is 0. The van der Waals surface area contributed by atoms with Crippen molar-refractivity contribution in [3.8, 4) is 0 Å². The van der Waals surface area contributed by atoms with Crippen molar-refractivity contribution < 1.29 is 9.53 Å². The fourth-order valence-corrected chi connectivity index (χ4v) is 2.82. The second kappa shape index (κ2) is 7.41. The van der Waals surface area contributed by atoms with Crippen LogP contribution in [0.1, 0.15) is 24.8 Å². The van der Waals surface area contributed by atoms with Gasteiger partial charge < -0.3 is 15.0 Å². The molecule has 4 heteroatoms. The van der Waals surface area contributed by atoms with E-state index in [1.807, 2.05) is 11.0 Å². The summed E-state index contributed by atoms with van der Waals surface area (Å²) in [5.41, 5.74) is 1.34. The first-order valence-electron chi connectivity index (χ1n) is 7.26. The molecule has 1 N–H and O–H groups in total. The van der Waals surface area contributed by atoms with Crippen LogP contribution in [0, 0.1) is 0 Å². The largest absolute Gasteiger partial charge is 0.383 e. The van der Waals surface area contributed by atoms with Crippen molar-refractivity contribution in [1.29, 1.82) is 0 Å². The van der Waals surface area contributed by atoms with E-state index < -0.39 is 0 Å². The monoisotopic (exact) mass is 276 g/mol. The van der Waals surface area contributed by atoms with E-state index in [-0.39, 0.29) is 5.91 Å². The number of benzene rings is 1. The van der Waals surface area contributed by atoms with Crippen LogP contribution < -0.4 is 5.32 Å². The first-order valence-corrected chi connectivity index (χ1v) is 7.26. The first kappa shape index (κ1) is 15.0. The molecule has 0 saturated carbocycles. The van der Waals surface area contributed by atoms with Crippen molar-refractivity contribution in [3.05, 3.63) is 35.9 Å². The lowest BCUT2D eigenvalue weighted by atomic mass is 9.97. The number of methoxy groups -OCH3 is 1. The highest BCUT2D eigenvalue weighted by molar-refractivity contribution is 5.79. The Morgan fingerprint density at radius 1 is 1.40 bits per heavy atom. The minimum absolute atomic E-state index is 0.187. The number of rotatable bonds is 6. The minimum Gasteiger partial charge on any atom is -0.383 e. The van der Waals surface area contributed by atoms with Crippen LogP contribution in [0.15, 0.2) is 30.3 Å². The van der Waals surface area contributed by atoms with Crippen molar-refractivity contribution in [2.45, 2.75) is 25.3 Å². The second-order valence-electron chi connectivity index (χ2n) is 5.41. The summed E-state index contributed by atoms with van der Waals surface area (Å²) in [5, 5.41) is 3.12. The van der Waals surface area contributed by atoms with Gasteiger partial charge in [-0.05, 0) is 18.9 Å². The van der Waals surface area contributed by atoms with E-state index in [1.54, 1.807) is 7.11 Å². The maximum absolute atomic E-state index is 12.2. The van der Waals surface area contributed by atoms with Crippen molar-refractivity contribution in [2.75, 3.05) is 33.4 Å². The van der Waals surface area contributed by atoms with Gasteiger partial charge in [0.2, 0.25) is 5.91 Å². The van der Waals surface area contributed by atoms with Gasteiger partial charge in [-0.15, -0.1) is 0 Å². The fourth-order valence-electron chi connectivity index (χ4n) is 2.82. The molecule has 0 aliphatic carbocycles. The van der Waals surface area contributed by atoms with Gasteiger partial charge in [-0.3, -0.25) is 4.79 Å². The molecule has 0 spiro atoms. The highest BCUT2D eigenvalue weighted by Crippen LogP contribution is 2.31. The van der Waals surface area contributed by atoms with E-state index in [2.05, 4.69) is 36.5 Å². The summed E-state index contributed by atoms with van der Waals surface area (Å²) in [4.78, 5) is 14.2. The molecule has 0 aromatic heterocycles. The molecule has 1 saturated heterocycles. The number of likely N-dealkylation sites (tertiary alicyclic amines) is 1. The van der Waals surface area contributed by atoms with E-state index in [4.69, 9.17) is 4.74 Å². The summed E-state index contributed by atoms with van der Waals surface area (Å²) < 4.78 is 4.96. The van der Waals surface area contributed by atoms with Crippen LogP contribution in [0.2, 0.25) is 0 Å². The van der Waals surface area contributed by atoms with Gasteiger partial charge in [-0.25, -0.2) is 0 Å². The average molecular weight is 276 g/mol. The Bertz CT molecular complexity index is 422. The summed E-state index contributed by atoms with van der Waals surface area (Å²) in [7, 11) is 1.66. The molecule has 2 rings (SSSR count). The van der Waals surface area contributed by atoms with Gasteiger partial charge in [-0.2, -0.15) is 0 Å². The zero-order chi connectivity index (χ0) is 14.4. The van der Waals surface area contributed by atoms with Crippen LogP contribution in [0.4, 0.5) is 0 Å². The maximum atomic E-state index is 12.2. The van der Waals surface area contributed by atoms with Crippen molar-refractivity contribution >= 4 is 5.91 Å². The predicted molar refractivity (Wildman–Crippen MR) is 79.7 cm³/mol. The lowest BCUT2D eigenvalue weighted by molar-refractivity contribution is -0.130. The Balaban J connectivity index is 1.86. The Morgan fingerprint density at radius 2 is 2.15 bits per heavy atom. The normalized spacial score (nSPS) is 22.2. The molecule has 2 atom stereocenters. The SMILES string of the molecule is COCCNCC(=O)N1CC(c2ccccc2)CC1C. The summed E-state index contributed by atoms with van der Waals surface area (Å²) in [6.07, 6.45) is 1.05. The molecule has 1 heterocycles. The molecule has 1 aromatic rings. The Kier molecular flexibility index (Phi) is 5.56. The van der Waals surface area contributed by atoms with E-state index in [0.717, 1.165) is 13.0 Å². The van der Waals surface area contributed by atoms with Crippen LogP contribution in [0.5, 0.6) is 0 Å². The van der Waals surface area contributed by atoms with Crippen LogP contribution in [0.3, 0.4) is 0 Å². The van der Waals surface area contributed by atoms with E-state index in [1.165, 1.54) is 5.56 Å². The number of hydrogen-bond acceptors (Lipinski definition) is 3. The Hall–Kier alpha value is -1.39. The molecule has 4 nitrogen and oxygen atoms in total. The lowest BCUT2D eigenvalue weighted by Crippen LogP contribution is -2.40. The summed E-state index contributed by atoms with van der Waals surface area (Å²) in [5.74, 6) is 0.654. The second-order valence-corrected chi connectivity index (χ2v) is 5.41. The topological polar surface area (TPSA) is 41.6 Å². The van der Waals surface area contributed by atoms with E-state index >= 15 is 0 Å². The zero-order valence-electron chi connectivity index (χ0n) is 12.3. The van der Waals surface area contributed by atoms with Crippen LogP contribution in [-0.2, 0) is 9.53 Å². The number of carbonyl (C=O) groups is 1. The number of nitrogens with one attached hydrogen (secondary N) is 1. The Morgan fingerprint density at radius 3 is 2.85 bits per heavy atom. The standard InChI is InChI=1S/C16H24N2O2/c1-13-10-15(14-6-4-3-5-7-14)12-18(13)16(19)11-17-8-9-20-2/h3-7,13,15,17H,8-12H2,1-2H3. The van der Waals surface area contributed by atoms with Crippen molar-refractivity contribution in [1.82, 2.24) is 10.2 Å². The highest BCUT2D eigenvalue weighted by Gasteiger charge is 2.32. The van der Waals surface area contributed by atoms with Gasteiger partial charge in [0.05, 0.1) is 13.2 Å². The van der Waals surface area contributed by atoms with Gasteiger partial charge >= 0.3 is 0 Å². The third-order valence-electron chi connectivity index (χ3n) is 3.93. The van der Waals surface area contributed by atoms with Gasteiger partial charge in [-0.1, -0.05) is 30.3 Å².